The first-order valence-corrected chi connectivity index (χ1v) is 9.26. The van der Waals surface area contributed by atoms with Crippen molar-refractivity contribution in [1.29, 1.82) is 0 Å². The van der Waals surface area contributed by atoms with Crippen LogP contribution < -0.4 is 0 Å². The second-order valence-electron chi connectivity index (χ2n) is 6.32. The van der Waals surface area contributed by atoms with Crippen molar-refractivity contribution in [3.05, 3.63) is 58.1 Å². The highest BCUT2D eigenvalue weighted by atomic mass is 35.5. The number of hydrogen-bond donors (Lipinski definition) is 2. The average molecular weight is 388 g/mol. The second-order valence-corrected chi connectivity index (χ2v) is 7.14. The summed E-state index contributed by atoms with van der Waals surface area (Å²) >= 11 is 11.3. The largest absolute Gasteiger partial charge is 0.363 e. The van der Waals surface area contributed by atoms with Gasteiger partial charge in [-0.25, -0.2) is 0 Å². The Bertz CT molecular complexity index is 960. The lowest BCUT2D eigenvalue weighted by Gasteiger charge is -2.24. The number of rotatable bonds is 4. The Labute approximate surface area is 160 Å². The summed E-state index contributed by atoms with van der Waals surface area (Å²) in [5, 5.41) is 7.73. The zero-order chi connectivity index (χ0) is 18.1. The van der Waals surface area contributed by atoms with E-state index in [9.17, 15) is 4.79 Å². The summed E-state index contributed by atoms with van der Waals surface area (Å²) < 4.78 is 2.17. The maximum absolute atomic E-state index is 13.0. The Balaban J connectivity index is 1.59. The zero-order valence-corrected chi connectivity index (χ0v) is 15.6. The van der Waals surface area contributed by atoms with E-state index in [0.29, 0.717) is 15.6 Å². The number of nitrogens with zero attached hydrogens (tertiary/aromatic N) is 3. The summed E-state index contributed by atoms with van der Waals surface area (Å²) in [6, 6.07) is 11.4. The van der Waals surface area contributed by atoms with E-state index in [1.807, 2.05) is 35.4 Å². The van der Waals surface area contributed by atoms with Crippen LogP contribution in [0.3, 0.4) is 0 Å². The van der Waals surface area contributed by atoms with Gasteiger partial charge in [0.15, 0.2) is 10.6 Å². The van der Waals surface area contributed by atoms with Gasteiger partial charge in [-0.2, -0.15) is 5.10 Å². The van der Waals surface area contributed by atoms with Crippen LogP contribution in [-0.2, 0) is 11.3 Å². The summed E-state index contributed by atoms with van der Waals surface area (Å²) in [5.74, 6) is 0.672. The fourth-order valence-electron chi connectivity index (χ4n) is 3.45. The van der Waals surface area contributed by atoms with Crippen LogP contribution in [0.1, 0.15) is 24.6 Å². The molecule has 3 heterocycles. The number of likely N-dealkylation sites (tertiary alicyclic amines) is 1. The van der Waals surface area contributed by atoms with Gasteiger partial charge in [0.2, 0.25) is 5.91 Å². The molecule has 1 aliphatic heterocycles. The molecule has 0 saturated carbocycles. The quantitative estimate of drug-likeness (QED) is 0.666. The summed E-state index contributed by atoms with van der Waals surface area (Å²) in [6.45, 7) is 0.911. The number of carbonyl (C=O) groups excluding carboxylic acids is 1. The summed E-state index contributed by atoms with van der Waals surface area (Å²) in [5.41, 5.74) is 1.93. The molecule has 3 aromatic rings. The van der Waals surface area contributed by atoms with Crippen LogP contribution in [0.25, 0.3) is 11.4 Å². The molecule has 6 nitrogen and oxygen atoms in total. The lowest BCUT2D eigenvalue weighted by Crippen LogP contribution is -2.33. The van der Waals surface area contributed by atoms with Crippen LogP contribution >= 0.6 is 23.8 Å². The Kier molecular flexibility index (Phi) is 4.65. The van der Waals surface area contributed by atoms with E-state index in [0.717, 1.165) is 30.6 Å². The van der Waals surface area contributed by atoms with E-state index < -0.39 is 0 Å². The van der Waals surface area contributed by atoms with Gasteiger partial charge < -0.3 is 9.88 Å². The maximum Gasteiger partial charge on any atom is 0.243 e. The van der Waals surface area contributed by atoms with Crippen LogP contribution in [0.5, 0.6) is 0 Å². The Morgan fingerprint density at radius 2 is 2.12 bits per heavy atom. The number of hydrogen-bond acceptors (Lipinski definition) is 3. The minimum Gasteiger partial charge on any atom is -0.363 e. The molecule has 1 saturated heterocycles. The van der Waals surface area contributed by atoms with Gasteiger partial charge in [0.1, 0.15) is 6.54 Å². The van der Waals surface area contributed by atoms with E-state index >= 15 is 0 Å². The minimum absolute atomic E-state index is 0.0369. The number of H-pyrrole nitrogens is 2. The monoisotopic (exact) mass is 387 g/mol. The molecule has 1 atom stereocenters. The third-order valence-corrected chi connectivity index (χ3v) is 5.27. The molecule has 0 radical (unpaired) electrons. The highest BCUT2D eigenvalue weighted by Gasteiger charge is 2.31. The molecular formula is C18H18ClN5OS. The van der Waals surface area contributed by atoms with Gasteiger partial charge in [-0.05, 0) is 61.5 Å². The maximum atomic E-state index is 13.0. The zero-order valence-electron chi connectivity index (χ0n) is 14.0. The Morgan fingerprint density at radius 1 is 1.31 bits per heavy atom. The molecule has 0 unspecified atom stereocenters. The first-order chi connectivity index (χ1) is 12.6. The predicted molar refractivity (Wildman–Crippen MR) is 102 cm³/mol. The molecule has 1 fully saturated rings. The first kappa shape index (κ1) is 17.1. The number of aromatic nitrogens is 4. The van der Waals surface area contributed by atoms with Crippen LogP contribution in [0.2, 0.25) is 5.02 Å². The molecule has 0 bridgehead atoms. The summed E-state index contributed by atoms with van der Waals surface area (Å²) in [7, 11) is 0. The number of carbonyl (C=O) groups is 1. The van der Waals surface area contributed by atoms with Crippen LogP contribution in [0.4, 0.5) is 0 Å². The molecule has 4 rings (SSSR count). The highest BCUT2D eigenvalue weighted by molar-refractivity contribution is 7.71. The van der Waals surface area contributed by atoms with Crippen LogP contribution in [-0.4, -0.2) is 37.1 Å². The van der Waals surface area contributed by atoms with Gasteiger partial charge in [-0.1, -0.05) is 11.6 Å². The molecule has 2 N–H and O–H groups in total. The number of aromatic amines is 2. The highest BCUT2D eigenvalue weighted by Crippen LogP contribution is 2.31. The van der Waals surface area contributed by atoms with Crippen molar-refractivity contribution < 1.29 is 4.79 Å². The molecular weight excluding hydrogens is 370 g/mol. The van der Waals surface area contributed by atoms with Gasteiger partial charge in [-0.15, -0.1) is 0 Å². The SMILES string of the molecule is O=C(Cn1c(-c2ccc(Cl)cc2)n[nH]c1=S)N1CCC[C@H]1c1ccc[nH]1. The third-order valence-electron chi connectivity index (χ3n) is 4.71. The van der Waals surface area contributed by atoms with Crippen molar-refractivity contribution in [2.75, 3.05) is 6.54 Å². The molecule has 1 aromatic carbocycles. The fourth-order valence-corrected chi connectivity index (χ4v) is 3.77. The van der Waals surface area contributed by atoms with Crippen molar-refractivity contribution in [2.45, 2.75) is 25.4 Å². The molecule has 134 valence electrons. The van der Waals surface area contributed by atoms with Crippen LogP contribution in [0, 0.1) is 4.77 Å². The smallest absolute Gasteiger partial charge is 0.243 e. The molecule has 2 aromatic heterocycles. The van der Waals surface area contributed by atoms with E-state index in [1.54, 1.807) is 16.7 Å². The topological polar surface area (TPSA) is 69.7 Å². The van der Waals surface area contributed by atoms with E-state index in [1.165, 1.54) is 0 Å². The number of amides is 1. The van der Waals surface area contributed by atoms with Crippen LogP contribution in [0.15, 0.2) is 42.6 Å². The van der Waals surface area contributed by atoms with Crippen molar-refractivity contribution in [3.63, 3.8) is 0 Å². The lowest BCUT2D eigenvalue weighted by molar-refractivity contribution is -0.132. The molecule has 1 amide bonds. The van der Waals surface area contributed by atoms with Crippen molar-refractivity contribution in [3.8, 4) is 11.4 Å². The van der Waals surface area contributed by atoms with Gasteiger partial charge >= 0.3 is 0 Å². The standard InChI is InChI=1S/C18H18ClN5OS/c19-13-7-5-12(6-8-13)17-21-22-18(26)24(17)11-16(25)23-10-2-4-15(23)14-3-1-9-20-14/h1,3,5-9,15,20H,2,4,10-11H2,(H,22,26)/t15-/m0/s1. The predicted octanol–water partition coefficient (Wildman–Crippen LogP) is 3.95. The fraction of sp³-hybridized carbons (Fsp3) is 0.278. The number of nitrogens with one attached hydrogen (secondary N) is 2. The van der Waals surface area contributed by atoms with E-state index in [4.69, 9.17) is 23.8 Å². The number of halogens is 1. The Hall–Kier alpha value is -2.38. The van der Waals surface area contributed by atoms with Crippen molar-refractivity contribution >= 4 is 29.7 Å². The summed E-state index contributed by atoms with van der Waals surface area (Å²) in [4.78, 5) is 18.1. The molecule has 26 heavy (non-hydrogen) atoms. The molecule has 0 aliphatic carbocycles. The van der Waals surface area contributed by atoms with Gasteiger partial charge in [0.05, 0.1) is 6.04 Å². The average Bonchev–Trinajstić information content (AvgIpc) is 3.37. The second kappa shape index (κ2) is 7.09. The first-order valence-electron chi connectivity index (χ1n) is 8.47. The van der Waals surface area contributed by atoms with Crippen molar-refractivity contribution in [1.82, 2.24) is 24.6 Å². The van der Waals surface area contributed by atoms with E-state index in [2.05, 4.69) is 15.2 Å². The van der Waals surface area contributed by atoms with Gasteiger partial charge in [0.25, 0.3) is 0 Å². The molecule has 8 heteroatoms. The van der Waals surface area contributed by atoms with E-state index in [-0.39, 0.29) is 18.5 Å². The number of benzene rings is 1. The Morgan fingerprint density at radius 3 is 2.85 bits per heavy atom. The molecule has 1 aliphatic rings. The van der Waals surface area contributed by atoms with Crippen molar-refractivity contribution in [2.24, 2.45) is 0 Å². The minimum atomic E-state index is 0.0369. The van der Waals surface area contributed by atoms with Gasteiger partial charge in [-0.3, -0.25) is 14.5 Å². The summed E-state index contributed by atoms with van der Waals surface area (Å²) in [6.07, 6.45) is 3.85. The molecule has 0 spiro atoms. The van der Waals surface area contributed by atoms with Gasteiger partial charge in [0, 0.05) is 29.0 Å². The lowest BCUT2D eigenvalue weighted by atomic mass is 10.1. The normalized spacial score (nSPS) is 17.0. The third kappa shape index (κ3) is 3.20.